The van der Waals surface area contributed by atoms with Gasteiger partial charge in [0.25, 0.3) is 0 Å². The first kappa shape index (κ1) is 20.5. The van der Waals surface area contributed by atoms with Crippen molar-refractivity contribution in [2.24, 2.45) is 0 Å². The fraction of sp³-hybridized carbons (Fsp3) is 0.389. The molecule has 1 unspecified atom stereocenters. The smallest absolute Gasteiger partial charge is 0.433 e. The van der Waals surface area contributed by atoms with E-state index in [0.717, 1.165) is 29.8 Å². The number of aromatic nitrogens is 2. The molecule has 2 aromatic rings. The van der Waals surface area contributed by atoms with Crippen molar-refractivity contribution >= 4 is 17.9 Å². The molecule has 29 heavy (non-hydrogen) atoms. The van der Waals surface area contributed by atoms with Gasteiger partial charge in [0.15, 0.2) is 6.23 Å². The van der Waals surface area contributed by atoms with Gasteiger partial charge in [0.05, 0.1) is 25.0 Å². The number of hydrogen-bond acceptors (Lipinski definition) is 5. The van der Waals surface area contributed by atoms with E-state index in [1.807, 2.05) is 6.92 Å². The zero-order valence-electron chi connectivity index (χ0n) is 15.5. The summed E-state index contributed by atoms with van der Waals surface area (Å²) in [5, 5.41) is 6.14. The monoisotopic (exact) mass is 412 g/mol. The summed E-state index contributed by atoms with van der Waals surface area (Å²) in [5.74, 6) is 0. The molecule has 1 fully saturated rings. The fourth-order valence-corrected chi connectivity index (χ4v) is 2.73. The van der Waals surface area contributed by atoms with Gasteiger partial charge < -0.3 is 9.47 Å². The molecule has 0 saturated carbocycles. The number of unbranched alkanes of at least 4 members (excludes halogenated alkanes) is 1. The lowest BCUT2D eigenvalue weighted by Gasteiger charge is -2.15. The molecule has 1 aliphatic rings. The Hall–Kier alpha value is -3.24. The van der Waals surface area contributed by atoms with Gasteiger partial charge in [-0.15, -0.1) is 0 Å². The van der Waals surface area contributed by atoms with Crippen LogP contribution in [0.5, 0.6) is 0 Å². The number of rotatable bonds is 6. The second-order valence-electron chi connectivity index (χ2n) is 6.26. The molecular formula is C18H19F3N4O4. The third kappa shape index (κ3) is 4.79. The summed E-state index contributed by atoms with van der Waals surface area (Å²) in [6.07, 6.45) is -4.15. The lowest BCUT2D eigenvalue weighted by atomic mass is 10.2. The van der Waals surface area contributed by atoms with Crippen LogP contribution in [0.1, 0.15) is 25.5 Å². The molecule has 1 saturated heterocycles. The molecule has 8 nitrogen and oxygen atoms in total. The molecule has 1 aliphatic heterocycles. The van der Waals surface area contributed by atoms with Crippen molar-refractivity contribution in [1.82, 2.24) is 15.1 Å². The topological polar surface area (TPSA) is 85.7 Å². The van der Waals surface area contributed by atoms with Crippen LogP contribution in [0.15, 0.2) is 36.5 Å². The zero-order valence-corrected chi connectivity index (χ0v) is 15.5. The number of hydrogen-bond donors (Lipinski definition) is 1. The molecule has 0 bridgehead atoms. The van der Waals surface area contributed by atoms with Crippen LogP contribution in [0.4, 0.5) is 28.4 Å². The van der Waals surface area contributed by atoms with E-state index in [1.54, 1.807) is 0 Å². The number of nitrogens with one attached hydrogen (secondary N) is 1. The second kappa shape index (κ2) is 8.41. The number of carbonyl (C=O) groups excluding carboxylic acids is 2. The van der Waals surface area contributed by atoms with Crippen LogP contribution in [0.25, 0.3) is 5.69 Å². The maximum absolute atomic E-state index is 13.0. The van der Waals surface area contributed by atoms with E-state index >= 15 is 0 Å². The van der Waals surface area contributed by atoms with Gasteiger partial charge in [0.1, 0.15) is 5.69 Å². The standard InChI is InChI=1S/C18H19F3N4O4/c1-2-3-10-28-16(26)23-15-11-24(17(27)29-15)12-4-6-13(7-5-12)25-14(8-9-22-25)18(19,20)21/h4-9,15H,2-3,10-11H2,1H3,(H,23,26). The van der Waals surface area contributed by atoms with Gasteiger partial charge in [-0.3, -0.25) is 10.2 Å². The van der Waals surface area contributed by atoms with Crippen molar-refractivity contribution in [2.75, 3.05) is 18.1 Å². The summed E-state index contributed by atoms with van der Waals surface area (Å²) >= 11 is 0. The molecule has 156 valence electrons. The Kier molecular flexibility index (Phi) is 5.95. The summed E-state index contributed by atoms with van der Waals surface area (Å²) < 4.78 is 49.8. The molecule has 11 heteroatoms. The number of anilines is 1. The highest BCUT2D eigenvalue weighted by molar-refractivity contribution is 5.90. The largest absolute Gasteiger partial charge is 0.449 e. The first-order valence-corrected chi connectivity index (χ1v) is 8.92. The van der Waals surface area contributed by atoms with E-state index in [9.17, 15) is 22.8 Å². The fourth-order valence-electron chi connectivity index (χ4n) is 2.73. The van der Waals surface area contributed by atoms with Crippen molar-refractivity contribution in [2.45, 2.75) is 32.2 Å². The van der Waals surface area contributed by atoms with Gasteiger partial charge in [-0.2, -0.15) is 18.3 Å². The number of amides is 2. The third-order valence-electron chi connectivity index (χ3n) is 4.16. The highest BCUT2D eigenvalue weighted by Crippen LogP contribution is 2.31. The third-order valence-corrected chi connectivity index (χ3v) is 4.16. The Morgan fingerprint density at radius 1 is 1.28 bits per heavy atom. The number of carbonyl (C=O) groups is 2. The molecule has 2 heterocycles. The number of alkyl carbamates (subject to hydrolysis) is 1. The van der Waals surface area contributed by atoms with Gasteiger partial charge >= 0.3 is 18.4 Å². The second-order valence-corrected chi connectivity index (χ2v) is 6.26. The SMILES string of the molecule is CCCCOC(=O)NC1CN(c2ccc(-n3nccc3C(F)(F)F)cc2)C(=O)O1. The molecule has 1 atom stereocenters. The maximum Gasteiger partial charge on any atom is 0.433 e. The summed E-state index contributed by atoms with van der Waals surface area (Å²) in [7, 11) is 0. The molecule has 2 amide bonds. The highest BCUT2D eigenvalue weighted by atomic mass is 19.4. The lowest BCUT2D eigenvalue weighted by molar-refractivity contribution is -0.142. The van der Waals surface area contributed by atoms with Gasteiger partial charge in [-0.1, -0.05) is 13.3 Å². The molecule has 3 rings (SSSR count). The van der Waals surface area contributed by atoms with E-state index in [4.69, 9.17) is 9.47 Å². The van der Waals surface area contributed by atoms with Crippen molar-refractivity contribution in [3.05, 3.63) is 42.2 Å². The summed E-state index contributed by atoms with van der Waals surface area (Å²) in [6.45, 7) is 2.26. The molecule has 0 spiro atoms. The van der Waals surface area contributed by atoms with Gasteiger partial charge in [0.2, 0.25) is 0 Å². The van der Waals surface area contributed by atoms with E-state index in [0.29, 0.717) is 5.69 Å². The van der Waals surface area contributed by atoms with Crippen LogP contribution in [-0.4, -0.2) is 41.3 Å². The Balaban J connectivity index is 1.65. The first-order chi connectivity index (χ1) is 13.8. The van der Waals surface area contributed by atoms with E-state index in [-0.39, 0.29) is 18.8 Å². The van der Waals surface area contributed by atoms with E-state index in [2.05, 4.69) is 10.4 Å². The number of cyclic esters (lactones) is 1. The minimum Gasteiger partial charge on any atom is -0.449 e. The minimum absolute atomic E-state index is 0.0383. The predicted octanol–water partition coefficient (Wildman–Crippen LogP) is 3.70. The Morgan fingerprint density at radius 3 is 2.62 bits per heavy atom. The highest BCUT2D eigenvalue weighted by Gasteiger charge is 2.36. The van der Waals surface area contributed by atoms with E-state index in [1.165, 1.54) is 29.2 Å². The van der Waals surface area contributed by atoms with Crippen molar-refractivity contribution in [3.8, 4) is 5.69 Å². The quantitative estimate of drug-likeness (QED) is 0.732. The van der Waals surface area contributed by atoms with Gasteiger partial charge in [0, 0.05) is 5.69 Å². The van der Waals surface area contributed by atoms with Gasteiger partial charge in [-0.25, -0.2) is 14.3 Å². The number of ether oxygens (including phenoxy) is 2. The molecule has 0 aliphatic carbocycles. The summed E-state index contributed by atoms with van der Waals surface area (Å²) in [5.41, 5.74) is -0.312. The minimum atomic E-state index is -4.54. The van der Waals surface area contributed by atoms with Crippen LogP contribution < -0.4 is 10.2 Å². The predicted molar refractivity (Wildman–Crippen MR) is 95.6 cm³/mol. The van der Waals surface area contributed by atoms with Crippen LogP contribution in [0.3, 0.4) is 0 Å². The van der Waals surface area contributed by atoms with Crippen molar-refractivity contribution in [1.29, 1.82) is 0 Å². The Labute approximate surface area is 164 Å². The molecule has 1 aromatic carbocycles. The summed E-state index contributed by atoms with van der Waals surface area (Å²) in [4.78, 5) is 25.0. The zero-order chi connectivity index (χ0) is 21.0. The first-order valence-electron chi connectivity index (χ1n) is 8.92. The number of benzene rings is 1. The number of nitrogens with zero attached hydrogens (tertiary/aromatic N) is 3. The van der Waals surface area contributed by atoms with Gasteiger partial charge in [-0.05, 0) is 36.8 Å². The Bertz CT molecular complexity index is 867. The maximum atomic E-state index is 13.0. The number of alkyl halides is 3. The average Bonchev–Trinajstić information content (AvgIpc) is 3.29. The van der Waals surface area contributed by atoms with E-state index < -0.39 is 30.3 Å². The lowest BCUT2D eigenvalue weighted by Crippen LogP contribution is -2.38. The number of halogens is 3. The van der Waals surface area contributed by atoms with Crippen molar-refractivity contribution in [3.63, 3.8) is 0 Å². The van der Waals surface area contributed by atoms with Crippen molar-refractivity contribution < 1.29 is 32.2 Å². The average molecular weight is 412 g/mol. The van der Waals surface area contributed by atoms with Crippen LogP contribution in [-0.2, 0) is 15.7 Å². The molecule has 1 N–H and O–H groups in total. The molecule has 0 radical (unpaired) electrons. The van der Waals surface area contributed by atoms with Crippen LogP contribution >= 0.6 is 0 Å². The molecule has 1 aromatic heterocycles. The molecular weight excluding hydrogens is 393 g/mol. The van der Waals surface area contributed by atoms with Crippen LogP contribution in [0, 0.1) is 0 Å². The normalized spacial score (nSPS) is 16.6. The van der Waals surface area contributed by atoms with Crippen LogP contribution in [0.2, 0.25) is 0 Å². The summed E-state index contributed by atoms with van der Waals surface area (Å²) in [6, 6.07) is 6.64. The Morgan fingerprint density at radius 2 is 1.97 bits per heavy atom.